The number of furan rings is 2. The highest BCUT2D eigenvalue weighted by Crippen LogP contribution is 2.35. The first kappa shape index (κ1) is 20.4. The van der Waals surface area contributed by atoms with Crippen molar-refractivity contribution in [2.45, 2.75) is 19.4 Å². The van der Waals surface area contributed by atoms with Gasteiger partial charge in [-0.05, 0) is 64.8 Å². The molecule has 0 bridgehead atoms. The van der Waals surface area contributed by atoms with Crippen LogP contribution in [0.3, 0.4) is 0 Å². The van der Waals surface area contributed by atoms with Crippen molar-refractivity contribution in [2.24, 2.45) is 5.10 Å². The molecule has 0 fully saturated rings. The van der Waals surface area contributed by atoms with Crippen molar-refractivity contribution in [3.8, 4) is 0 Å². The van der Waals surface area contributed by atoms with Gasteiger partial charge in [0.15, 0.2) is 10.4 Å². The first-order valence-electron chi connectivity index (χ1n) is 9.17. The zero-order valence-electron chi connectivity index (χ0n) is 15.9. The van der Waals surface area contributed by atoms with Gasteiger partial charge in [0.1, 0.15) is 11.8 Å². The summed E-state index contributed by atoms with van der Waals surface area (Å²) in [5.41, 5.74) is 1.78. The van der Waals surface area contributed by atoms with Crippen molar-refractivity contribution in [1.82, 2.24) is 5.01 Å². The van der Waals surface area contributed by atoms with Crippen molar-refractivity contribution < 1.29 is 22.0 Å². The molecule has 1 amide bonds. The van der Waals surface area contributed by atoms with E-state index < -0.39 is 22.0 Å². The number of carbonyl (C=O) groups is 1. The van der Waals surface area contributed by atoms with Gasteiger partial charge in [-0.3, -0.25) is 9.52 Å². The van der Waals surface area contributed by atoms with Crippen LogP contribution in [0, 0.1) is 0 Å². The lowest BCUT2D eigenvalue weighted by Gasteiger charge is -2.18. The average molecular weight is 492 g/mol. The van der Waals surface area contributed by atoms with E-state index in [0.29, 0.717) is 33.8 Å². The van der Waals surface area contributed by atoms with Gasteiger partial charge in [-0.2, -0.15) is 5.10 Å². The summed E-state index contributed by atoms with van der Waals surface area (Å²) in [5.74, 6) is 0.308. The second-order valence-electron chi connectivity index (χ2n) is 6.62. The van der Waals surface area contributed by atoms with Gasteiger partial charge >= 0.3 is 5.91 Å². The summed E-state index contributed by atoms with van der Waals surface area (Å²) in [5, 5.41) is 5.86. The molecule has 156 valence electrons. The number of amides is 1. The summed E-state index contributed by atoms with van der Waals surface area (Å²) in [4.78, 5) is 13.0. The highest BCUT2D eigenvalue weighted by molar-refractivity contribution is 9.10. The Bertz CT molecular complexity index is 1200. The van der Waals surface area contributed by atoms with Crippen LogP contribution >= 0.6 is 15.9 Å². The highest BCUT2D eigenvalue weighted by atomic mass is 79.9. The number of hydrazone groups is 1. The maximum Gasteiger partial charge on any atom is 0.310 e. The minimum Gasteiger partial charge on any atom is -0.467 e. The molecule has 1 aromatic carbocycles. The third-order valence-electron chi connectivity index (χ3n) is 4.62. The van der Waals surface area contributed by atoms with Gasteiger partial charge in [0, 0.05) is 12.1 Å². The number of halogens is 1. The zero-order valence-corrected chi connectivity index (χ0v) is 18.3. The van der Waals surface area contributed by atoms with E-state index in [1.807, 2.05) is 6.07 Å². The quantitative estimate of drug-likeness (QED) is 0.550. The van der Waals surface area contributed by atoms with Gasteiger partial charge < -0.3 is 8.83 Å². The average Bonchev–Trinajstić information content (AvgIpc) is 3.47. The Hall–Kier alpha value is -2.85. The summed E-state index contributed by atoms with van der Waals surface area (Å²) < 4.78 is 37.7. The fourth-order valence-electron chi connectivity index (χ4n) is 3.13. The maximum absolute atomic E-state index is 13.0. The predicted octanol–water partition coefficient (Wildman–Crippen LogP) is 4.39. The Labute approximate surface area is 181 Å². The lowest BCUT2D eigenvalue weighted by Crippen LogP contribution is -2.26. The molecule has 3 aromatic rings. The van der Waals surface area contributed by atoms with Crippen LogP contribution in [0.2, 0.25) is 0 Å². The molecule has 0 aliphatic carbocycles. The molecule has 0 saturated carbocycles. The fraction of sp³-hybridized carbons (Fsp3) is 0.200. The molecular formula is C20H18BrN3O5S. The normalized spacial score (nSPS) is 16.5. The van der Waals surface area contributed by atoms with E-state index in [0.717, 1.165) is 0 Å². The Kier molecular flexibility index (Phi) is 5.52. The smallest absolute Gasteiger partial charge is 0.310 e. The molecule has 30 heavy (non-hydrogen) atoms. The molecule has 8 nitrogen and oxygen atoms in total. The van der Waals surface area contributed by atoms with Crippen LogP contribution in [0.25, 0.3) is 0 Å². The third-order valence-corrected chi connectivity index (χ3v) is 6.36. The second kappa shape index (κ2) is 8.11. The first-order chi connectivity index (χ1) is 14.4. The Balaban J connectivity index is 1.68. The monoisotopic (exact) mass is 491 g/mol. The van der Waals surface area contributed by atoms with E-state index in [1.54, 1.807) is 55.7 Å². The minimum absolute atomic E-state index is 0.0280. The van der Waals surface area contributed by atoms with Crippen molar-refractivity contribution in [1.29, 1.82) is 0 Å². The Morgan fingerprint density at radius 2 is 2.10 bits per heavy atom. The molecule has 1 aliphatic rings. The maximum atomic E-state index is 13.0. The first-order valence-corrected chi connectivity index (χ1v) is 11.6. The van der Waals surface area contributed by atoms with Crippen LogP contribution in [0.15, 0.2) is 73.4 Å². The van der Waals surface area contributed by atoms with Crippen LogP contribution in [-0.4, -0.2) is 30.8 Å². The number of benzene rings is 1. The van der Waals surface area contributed by atoms with E-state index in [-0.39, 0.29) is 11.5 Å². The standard InChI is InChI=1S/C20H18BrN3O5S/c1-2-30(26,27)23-14-6-3-5-13(11-14)15-12-16(17-7-4-10-28-17)24(22-15)20(25)18-8-9-19(21)29-18/h3-11,16,23H,2,12H2,1H3. The summed E-state index contributed by atoms with van der Waals surface area (Å²) in [6.45, 7) is 1.57. The van der Waals surface area contributed by atoms with Crippen molar-refractivity contribution in [2.75, 3.05) is 10.5 Å². The fourth-order valence-corrected chi connectivity index (χ4v) is 4.07. The largest absolute Gasteiger partial charge is 0.467 e. The van der Waals surface area contributed by atoms with Gasteiger partial charge in [-0.15, -0.1) is 0 Å². The molecule has 3 heterocycles. The molecule has 0 spiro atoms. The molecule has 1 N–H and O–H groups in total. The molecule has 0 saturated heterocycles. The van der Waals surface area contributed by atoms with Crippen molar-refractivity contribution >= 4 is 43.3 Å². The van der Waals surface area contributed by atoms with Gasteiger partial charge in [0.25, 0.3) is 0 Å². The molecule has 2 aromatic heterocycles. The Morgan fingerprint density at radius 3 is 2.77 bits per heavy atom. The highest BCUT2D eigenvalue weighted by Gasteiger charge is 2.36. The van der Waals surface area contributed by atoms with Crippen LogP contribution in [-0.2, 0) is 10.0 Å². The third kappa shape index (κ3) is 4.19. The van der Waals surface area contributed by atoms with Gasteiger partial charge in [-0.1, -0.05) is 12.1 Å². The van der Waals surface area contributed by atoms with Crippen LogP contribution in [0.1, 0.15) is 41.3 Å². The number of nitrogens with zero attached hydrogens (tertiary/aromatic N) is 2. The number of rotatable bonds is 6. The van der Waals surface area contributed by atoms with E-state index in [2.05, 4.69) is 25.8 Å². The number of hydrogen-bond acceptors (Lipinski definition) is 6. The SMILES string of the molecule is CCS(=O)(=O)Nc1cccc(C2=NN(C(=O)c3ccc(Br)o3)C(c3ccco3)C2)c1. The van der Waals surface area contributed by atoms with E-state index >= 15 is 0 Å². The van der Waals surface area contributed by atoms with Crippen molar-refractivity contribution in [3.63, 3.8) is 0 Å². The number of carbonyl (C=O) groups excluding carboxylic acids is 1. The lowest BCUT2D eigenvalue weighted by molar-refractivity contribution is 0.0659. The molecule has 1 atom stereocenters. The molecule has 0 radical (unpaired) electrons. The number of sulfonamides is 1. The topological polar surface area (TPSA) is 105 Å². The lowest BCUT2D eigenvalue weighted by atomic mass is 10.0. The van der Waals surface area contributed by atoms with Crippen molar-refractivity contribution in [3.05, 3.63) is 76.5 Å². The summed E-state index contributed by atoms with van der Waals surface area (Å²) in [6.07, 6.45) is 1.95. The molecular weight excluding hydrogens is 474 g/mol. The summed E-state index contributed by atoms with van der Waals surface area (Å²) >= 11 is 3.20. The zero-order chi connectivity index (χ0) is 21.3. The van der Waals surface area contributed by atoms with Crippen LogP contribution in [0.5, 0.6) is 0 Å². The number of anilines is 1. The predicted molar refractivity (Wildman–Crippen MR) is 115 cm³/mol. The van der Waals surface area contributed by atoms with E-state index in [4.69, 9.17) is 8.83 Å². The molecule has 1 unspecified atom stereocenters. The van der Waals surface area contributed by atoms with Crippen LogP contribution < -0.4 is 4.72 Å². The molecule has 4 rings (SSSR count). The minimum atomic E-state index is -3.40. The molecule has 1 aliphatic heterocycles. The van der Waals surface area contributed by atoms with E-state index in [1.165, 1.54) is 5.01 Å². The second-order valence-corrected chi connectivity index (χ2v) is 9.41. The number of nitrogens with one attached hydrogen (secondary N) is 1. The summed E-state index contributed by atoms with van der Waals surface area (Å²) in [6, 6.07) is 13.2. The number of hydrogen-bond donors (Lipinski definition) is 1. The summed E-state index contributed by atoms with van der Waals surface area (Å²) in [7, 11) is -3.40. The van der Waals surface area contributed by atoms with Gasteiger partial charge in [0.05, 0.1) is 17.7 Å². The van der Waals surface area contributed by atoms with Gasteiger partial charge in [-0.25, -0.2) is 13.4 Å². The van der Waals surface area contributed by atoms with Crippen LogP contribution in [0.4, 0.5) is 5.69 Å². The Morgan fingerprint density at radius 1 is 1.27 bits per heavy atom. The van der Waals surface area contributed by atoms with E-state index in [9.17, 15) is 13.2 Å². The molecule has 10 heteroatoms. The van der Waals surface area contributed by atoms with Gasteiger partial charge in [0.2, 0.25) is 10.0 Å².